The van der Waals surface area contributed by atoms with Crippen molar-refractivity contribution in [1.82, 2.24) is 0 Å². The molecule has 18 heteroatoms. The molecule has 2 rings (SSSR count). The van der Waals surface area contributed by atoms with E-state index < -0.39 is 67.0 Å². The van der Waals surface area contributed by atoms with Crippen molar-refractivity contribution in [3.63, 3.8) is 0 Å². The quantitative estimate of drug-likeness (QED) is 0.197. The minimum Gasteiger partial charge on any atom is -0.259 e. The molecule has 5 atom stereocenters. The van der Waals surface area contributed by atoms with Gasteiger partial charge in [0, 0.05) is 0 Å². The van der Waals surface area contributed by atoms with Gasteiger partial charge in [0.25, 0.3) is 0 Å². The lowest BCUT2D eigenvalue weighted by atomic mass is 10.00. The average molecular weight is 719 g/mol. The van der Waals surface area contributed by atoms with E-state index in [1.54, 1.807) is 90.0 Å². The number of hydrogen-bond acceptors (Lipinski definition) is 12. The molecule has 2 saturated heterocycles. The van der Waals surface area contributed by atoms with Crippen LogP contribution in [0.15, 0.2) is 0 Å². The second-order valence-corrected chi connectivity index (χ2v) is 30.5. The van der Waals surface area contributed by atoms with Crippen LogP contribution in [0.4, 0.5) is 0 Å². The Bertz CT molecular complexity index is 1220. The van der Waals surface area contributed by atoms with Crippen molar-refractivity contribution < 1.29 is 53.3 Å². The van der Waals surface area contributed by atoms with Crippen molar-refractivity contribution >= 4 is 45.6 Å². The van der Waals surface area contributed by atoms with Gasteiger partial charge in [0.1, 0.15) is 0 Å². The van der Waals surface area contributed by atoms with Crippen molar-refractivity contribution in [2.24, 2.45) is 17.8 Å². The second-order valence-electron chi connectivity index (χ2n) is 14.9. The van der Waals surface area contributed by atoms with E-state index in [1.165, 1.54) is 0 Å². The summed E-state index contributed by atoms with van der Waals surface area (Å²) in [7, 11) is -24.8. The summed E-state index contributed by atoms with van der Waals surface area (Å²) in [5, 5.41) is -3.57. The van der Waals surface area contributed by atoms with Crippen LogP contribution < -0.4 is 0 Å². The zero-order valence-electron chi connectivity index (χ0n) is 27.3. The Kier molecular flexibility index (Phi) is 11.8. The zero-order valence-corrected chi connectivity index (χ0v) is 32.7. The van der Waals surface area contributed by atoms with Crippen molar-refractivity contribution in [1.29, 1.82) is 0 Å². The van der Waals surface area contributed by atoms with E-state index in [1.807, 2.05) is 0 Å². The highest BCUT2D eigenvalue weighted by atomic mass is 31.3. The first-order valence-electron chi connectivity index (χ1n) is 14.3. The molecule has 0 N–H and O–H groups in total. The van der Waals surface area contributed by atoms with Gasteiger partial charge in [-0.3, -0.25) is 27.4 Å². The van der Waals surface area contributed by atoms with Crippen LogP contribution >= 0.6 is 45.6 Å². The number of rotatable bonds is 10. The highest BCUT2D eigenvalue weighted by molar-refractivity contribution is 7.82. The van der Waals surface area contributed by atoms with Crippen LogP contribution in [0.25, 0.3) is 0 Å². The lowest BCUT2D eigenvalue weighted by Crippen LogP contribution is -2.32. The van der Waals surface area contributed by atoms with Gasteiger partial charge in [-0.1, -0.05) is 34.6 Å². The van der Waals surface area contributed by atoms with Crippen molar-refractivity contribution in [2.45, 2.75) is 118 Å². The monoisotopic (exact) mass is 718 g/mol. The van der Waals surface area contributed by atoms with Gasteiger partial charge < -0.3 is 0 Å². The third-order valence-electron chi connectivity index (χ3n) is 6.74. The molecular weight excluding hydrogens is 666 g/mol. The predicted molar refractivity (Wildman–Crippen MR) is 168 cm³/mol. The van der Waals surface area contributed by atoms with Crippen LogP contribution in [0.1, 0.15) is 103 Å². The molecule has 0 aromatic rings. The van der Waals surface area contributed by atoms with Gasteiger partial charge in [0.2, 0.25) is 0 Å². The van der Waals surface area contributed by atoms with E-state index in [0.717, 1.165) is 0 Å². The van der Waals surface area contributed by atoms with Gasteiger partial charge in [-0.15, -0.1) is 0 Å². The van der Waals surface area contributed by atoms with E-state index in [-0.39, 0.29) is 43.2 Å². The van der Waals surface area contributed by atoms with E-state index in [9.17, 15) is 27.4 Å². The first-order chi connectivity index (χ1) is 18.4. The Morgan fingerprint density at radius 1 is 0.476 bits per heavy atom. The maximum Gasteiger partial charge on any atom is 0.350 e. The fourth-order valence-electron chi connectivity index (χ4n) is 4.10. The first-order valence-corrected chi connectivity index (χ1v) is 24.1. The molecule has 0 spiro atoms. The standard InChI is InChI=1S/C24H52O12P6/c1-19(2)16-37(25)31-38(26,17-20(3)4)33-39(27,32-37)18-21(5)14-15-24(12,13)42(30)35-40(28,22(6,7)8)34-41(29,36-42)23(9,10)11/h19-21H,14-18H2,1-13H3. The molecule has 0 aromatic carbocycles. The minimum atomic E-state index is -4.33. The second kappa shape index (κ2) is 12.6. The smallest absolute Gasteiger partial charge is 0.259 e. The molecule has 0 amide bonds. The Morgan fingerprint density at radius 3 is 1.10 bits per heavy atom. The summed E-state index contributed by atoms with van der Waals surface area (Å²) < 4.78 is 116. The molecule has 2 heterocycles. The molecule has 12 nitrogen and oxygen atoms in total. The largest absolute Gasteiger partial charge is 0.350 e. The van der Waals surface area contributed by atoms with Crippen molar-refractivity contribution in [3.05, 3.63) is 0 Å². The van der Waals surface area contributed by atoms with E-state index in [4.69, 9.17) is 25.9 Å². The normalized spacial score (nSPS) is 39.5. The van der Waals surface area contributed by atoms with Crippen LogP contribution in [-0.2, 0) is 53.3 Å². The molecule has 42 heavy (non-hydrogen) atoms. The maximum atomic E-state index is 14.4. The van der Waals surface area contributed by atoms with Gasteiger partial charge in [0.15, 0.2) is 0 Å². The molecular formula is C24H52O12P6. The lowest BCUT2D eigenvalue weighted by molar-refractivity contribution is 0.234. The van der Waals surface area contributed by atoms with Crippen molar-refractivity contribution in [2.75, 3.05) is 18.5 Å². The molecule has 2 aliphatic rings. The average Bonchev–Trinajstić information content (AvgIpc) is 2.66. The summed E-state index contributed by atoms with van der Waals surface area (Å²) >= 11 is 0. The summed E-state index contributed by atoms with van der Waals surface area (Å²) in [6.07, 6.45) is 0.0673. The third kappa shape index (κ3) is 9.14. The Balaban J connectivity index is 2.33. The number of hydrogen-bond donors (Lipinski definition) is 0. The summed E-state index contributed by atoms with van der Waals surface area (Å²) in [4.78, 5) is 0. The van der Waals surface area contributed by atoms with Gasteiger partial charge in [-0.05, 0) is 86.0 Å². The highest BCUT2D eigenvalue weighted by Gasteiger charge is 2.65. The zero-order chi connectivity index (χ0) is 33.0. The van der Waals surface area contributed by atoms with Crippen molar-refractivity contribution in [3.8, 4) is 0 Å². The molecule has 5 unspecified atom stereocenters. The predicted octanol–water partition coefficient (Wildman–Crippen LogP) is 11.4. The van der Waals surface area contributed by atoms with E-state index in [2.05, 4.69) is 0 Å². The minimum absolute atomic E-state index is 0.0640. The lowest BCUT2D eigenvalue weighted by Gasteiger charge is -2.47. The molecule has 0 saturated carbocycles. The van der Waals surface area contributed by atoms with Crippen LogP contribution in [0, 0.1) is 17.8 Å². The summed E-state index contributed by atoms with van der Waals surface area (Å²) in [5.41, 5.74) is 0. The van der Waals surface area contributed by atoms with Crippen LogP contribution in [0.5, 0.6) is 0 Å². The molecule has 0 aliphatic carbocycles. The molecule has 2 fully saturated rings. The summed E-state index contributed by atoms with van der Waals surface area (Å²) in [6, 6.07) is 0. The van der Waals surface area contributed by atoms with Gasteiger partial charge >= 0.3 is 45.6 Å². The van der Waals surface area contributed by atoms with Crippen LogP contribution in [0.3, 0.4) is 0 Å². The molecule has 2 aliphatic heterocycles. The molecule has 0 bridgehead atoms. The third-order valence-corrected chi connectivity index (χ3v) is 26.3. The fourth-order valence-corrected chi connectivity index (χ4v) is 24.8. The Hall–Kier alpha value is 1.14. The van der Waals surface area contributed by atoms with E-state index in [0.29, 0.717) is 0 Å². The van der Waals surface area contributed by atoms with Gasteiger partial charge in [0.05, 0.1) is 34.0 Å². The molecule has 250 valence electrons. The summed E-state index contributed by atoms with van der Waals surface area (Å²) in [5.74, 6) is -0.708. The Morgan fingerprint density at radius 2 is 0.786 bits per heavy atom. The van der Waals surface area contributed by atoms with E-state index >= 15 is 0 Å². The Labute approximate surface area is 253 Å². The van der Waals surface area contributed by atoms with Gasteiger partial charge in [-0.25, -0.2) is 25.9 Å². The van der Waals surface area contributed by atoms with Crippen LogP contribution in [-0.4, -0.2) is 34.0 Å². The SMILES string of the molecule is CC(C)CP1(=O)OP(=O)(CC(C)C)OP(=O)(CC(C)CCC(C)(C)P2(=O)OP(=O)(C(C)(C)C)OP(=O)(C(C)(C)C)O2)O1. The van der Waals surface area contributed by atoms with Crippen LogP contribution in [0.2, 0.25) is 0 Å². The summed E-state index contributed by atoms with van der Waals surface area (Å²) in [6.45, 7) is 21.7. The fraction of sp³-hybridized carbons (Fsp3) is 1.00. The maximum absolute atomic E-state index is 14.4. The first kappa shape index (κ1) is 39.3. The molecule has 0 aromatic heterocycles. The van der Waals surface area contributed by atoms with Gasteiger partial charge in [-0.2, -0.15) is 0 Å². The molecule has 0 radical (unpaired) electrons. The topological polar surface area (TPSA) is 158 Å². The highest BCUT2D eigenvalue weighted by Crippen LogP contribution is 2.90.